The average molecular weight is 294 g/mol. The number of anilines is 1. The lowest BCUT2D eigenvalue weighted by molar-refractivity contribution is -0.142. The summed E-state index contributed by atoms with van der Waals surface area (Å²) in [6, 6.07) is 3.54. The monoisotopic (exact) mass is 294 g/mol. The second-order valence-electron chi connectivity index (χ2n) is 5.16. The van der Waals surface area contributed by atoms with Gasteiger partial charge in [-0.05, 0) is 37.5 Å². The fraction of sp³-hybridized carbons (Fsp3) is 0.467. The number of hydrogen-bond acceptors (Lipinski definition) is 4. The van der Waals surface area contributed by atoms with Crippen LogP contribution in [0.5, 0.6) is 0 Å². The van der Waals surface area contributed by atoms with E-state index >= 15 is 0 Å². The number of amides is 1. The molecule has 1 aromatic rings. The summed E-state index contributed by atoms with van der Waals surface area (Å²) in [5.41, 5.74) is 6.11. The van der Waals surface area contributed by atoms with E-state index in [1.807, 2.05) is 0 Å². The van der Waals surface area contributed by atoms with Crippen molar-refractivity contribution in [3.63, 3.8) is 0 Å². The zero-order valence-corrected chi connectivity index (χ0v) is 12.0. The molecule has 2 N–H and O–H groups in total. The minimum atomic E-state index is -0.478. The van der Waals surface area contributed by atoms with Gasteiger partial charge >= 0.3 is 5.97 Å². The number of carbonyl (C=O) groups is 2. The summed E-state index contributed by atoms with van der Waals surface area (Å²) >= 11 is 0. The highest BCUT2D eigenvalue weighted by Crippen LogP contribution is 2.24. The Bertz CT molecular complexity index is 548. The van der Waals surface area contributed by atoms with Crippen LogP contribution in [0.4, 0.5) is 10.1 Å². The highest BCUT2D eigenvalue weighted by atomic mass is 19.1. The number of likely N-dealkylation sites (tertiary alicyclic amines) is 1. The molecule has 0 radical (unpaired) electrons. The van der Waals surface area contributed by atoms with Crippen molar-refractivity contribution in [3.8, 4) is 0 Å². The number of nitrogen functional groups attached to an aromatic ring is 1. The Hall–Kier alpha value is -2.11. The van der Waals surface area contributed by atoms with Crippen LogP contribution in [0.25, 0.3) is 0 Å². The van der Waals surface area contributed by atoms with E-state index in [4.69, 9.17) is 5.73 Å². The van der Waals surface area contributed by atoms with Crippen molar-refractivity contribution in [1.82, 2.24) is 4.90 Å². The van der Waals surface area contributed by atoms with Gasteiger partial charge in [-0.3, -0.25) is 9.59 Å². The van der Waals surface area contributed by atoms with E-state index in [-0.39, 0.29) is 35.6 Å². The maximum Gasteiger partial charge on any atom is 0.307 e. The van der Waals surface area contributed by atoms with Crippen LogP contribution < -0.4 is 5.73 Å². The second kappa shape index (κ2) is 6.56. The number of carbonyl (C=O) groups excluding carboxylic acids is 2. The number of hydrogen-bond donors (Lipinski definition) is 1. The van der Waals surface area contributed by atoms with E-state index in [0.29, 0.717) is 6.54 Å². The number of halogens is 1. The van der Waals surface area contributed by atoms with Crippen molar-refractivity contribution in [2.24, 2.45) is 0 Å². The Morgan fingerprint density at radius 2 is 2.19 bits per heavy atom. The van der Waals surface area contributed by atoms with E-state index in [1.54, 1.807) is 4.90 Å². The molecule has 0 saturated carbocycles. The molecule has 6 heteroatoms. The number of ether oxygens (including phenoxy) is 1. The van der Waals surface area contributed by atoms with Gasteiger partial charge in [0.2, 0.25) is 0 Å². The summed E-state index contributed by atoms with van der Waals surface area (Å²) in [6.07, 6.45) is 2.76. The molecule has 1 amide bonds. The third-order valence-corrected chi connectivity index (χ3v) is 3.76. The standard InChI is InChI=1S/C15H19FN2O3/c1-21-14(19)9-11-4-2-3-7-18(11)15(20)12-6-5-10(16)8-13(12)17/h5-6,8,11H,2-4,7,9,17H2,1H3. The molecule has 1 unspecified atom stereocenters. The molecule has 1 saturated heterocycles. The van der Waals surface area contributed by atoms with Gasteiger partial charge in [0, 0.05) is 18.3 Å². The first-order valence-corrected chi connectivity index (χ1v) is 6.95. The molecule has 0 aliphatic carbocycles. The maximum atomic E-state index is 13.1. The van der Waals surface area contributed by atoms with Crippen LogP contribution in [0.3, 0.4) is 0 Å². The fourth-order valence-corrected chi connectivity index (χ4v) is 2.64. The predicted molar refractivity (Wildman–Crippen MR) is 76.1 cm³/mol. The molecule has 114 valence electrons. The lowest BCUT2D eigenvalue weighted by atomic mass is 9.98. The molecule has 0 spiro atoms. The number of nitrogens with zero attached hydrogens (tertiary/aromatic N) is 1. The molecule has 5 nitrogen and oxygen atoms in total. The quantitative estimate of drug-likeness (QED) is 0.683. The molecule has 1 fully saturated rings. The number of nitrogens with two attached hydrogens (primary N) is 1. The van der Waals surface area contributed by atoms with E-state index in [1.165, 1.54) is 19.2 Å². The molecule has 0 aromatic heterocycles. The van der Waals surface area contributed by atoms with E-state index in [2.05, 4.69) is 4.74 Å². The lowest BCUT2D eigenvalue weighted by Gasteiger charge is -2.35. The molecule has 2 rings (SSSR count). The van der Waals surface area contributed by atoms with Crippen molar-refractivity contribution >= 4 is 17.6 Å². The van der Waals surface area contributed by atoms with Gasteiger partial charge < -0.3 is 15.4 Å². The summed E-state index contributed by atoms with van der Waals surface area (Å²) in [5, 5.41) is 0. The Labute approximate surface area is 122 Å². The molecule has 1 aliphatic heterocycles. The summed E-state index contributed by atoms with van der Waals surface area (Å²) in [5.74, 6) is -1.08. The molecular weight excluding hydrogens is 275 g/mol. The molecule has 1 heterocycles. The fourth-order valence-electron chi connectivity index (χ4n) is 2.64. The topological polar surface area (TPSA) is 72.6 Å². The summed E-state index contributed by atoms with van der Waals surface area (Å²) < 4.78 is 17.8. The highest BCUT2D eigenvalue weighted by molar-refractivity contribution is 5.99. The van der Waals surface area contributed by atoms with Crippen molar-refractivity contribution < 1.29 is 18.7 Å². The Kier molecular flexibility index (Phi) is 4.77. The van der Waals surface area contributed by atoms with Crippen LogP contribution in [0, 0.1) is 5.82 Å². The first kappa shape index (κ1) is 15.3. The van der Waals surface area contributed by atoms with Crippen LogP contribution >= 0.6 is 0 Å². The molecule has 1 atom stereocenters. The highest BCUT2D eigenvalue weighted by Gasteiger charge is 2.30. The normalized spacial score (nSPS) is 18.4. The van der Waals surface area contributed by atoms with Crippen molar-refractivity contribution in [1.29, 1.82) is 0 Å². The summed E-state index contributed by atoms with van der Waals surface area (Å²) in [7, 11) is 1.33. The van der Waals surface area contributed by atoms with Crippen LogP contribution in [-0.2, 0) is 9.53 Å². The first-order chi connectivity index (χ1) is 10.0. The third-order valence-electron chi connectivity index (χ3n) is 3.76. The first-order valence-electron chi connectivity index (χ1n) is 6.95. The minimum Gasteiger partial charge on any atom is -0.469 e. The van der Waals surface area contributed by atoms with Gasteiger partial charge in [0.25, 0.3) is 5.91 Å². The van der Waals surface area contributed by atoms with Crippen LogP contribution in [0.15, 0.2) is 18.2 Å². The van der Waals surface area contributed by atoms with Crippen molar-refractivity contribution in [2.75, 3.05) is 19.4 Å². The number of piperidine rings is 1. The molecule has 0 bridgehead atoms. The maximum absolute atomic E-state index is 13.1. The third kappa shape index (κ3) is 3.51. The summed E-state index contributed by atoms with van der Waals surface area (Å²) in [6.45, 7) is 0.567. The van der Waals surface area contributed by atoms with Crippen molar-refractivity contribution in [2.45, 2.75) is 31.7 Å². The van der Waals surface area contributed by atoms with E-state index in [9.17, 15) is 14.0 Å². The van der Waals surface area contributed by atoms with Crippen LogP contribution in [0.2, 0.25) is 0 Å². The zero-order valence-electron chi connectivity index (χ0n) is 12.0. The minimum absolute atomic E-state index is 0.113. The zero-order chi connectivity index (χ0) is 15.4. The largest absolute Gasteiger partial charge is 0.469 e. The molecule has 1 aromatic carbocycles. The smallest absolute Gasteiger partial charge is 0.307 e. The molecule has 1 aliphatic rings. The Balaban J connectivity index is 2.20. The van der Waals surface area contributed by atoms with E-state index in [0.717, 1.165) is 25.3 Å². The number of benzene rings is 1. The SMILES string of the molecule is COC(=O)CC1CCCCN1C(=O)c1ccc(F)cc1N. The second-order valence-corrected chi connectivity index (χ2v) is 5.16. The van der Waals surface area contributed by atoms with E-state index < -0.39 is 5.82 Å². The van der Waals surface area contributed by atoms with Gasteiger partial charge in [-0.2, -0.15) is 0 Å². The van der Waals surface area contributed by atoms with Gasteiger partial charge in [-0.25, -0.2) is 4.39 Å². The number of rotatable bonds is 3. The van der Waals surface area contributed by atoms with Gasteiger partial charge in [0.1, 0.15) is 5.82 Å². The molecule has 21 heavy (non-hydrogen) atoms. The van der Waals surface area contributed by atoms with Crippen LogP contribution in [-0.4, -0.2) is 36.5 Å². The van der Waals surface area contributed by atoms with Gasteiger partial charge in [-0.1, -0.05) is 0 Å². The lowest BCUT2D eigenvalue weighted by Crippen LogP contribution is -2.45. The van der Waals surface area contributed by atoms with Gasteiger partial charge in [0.15, 0.2) is 0 Å². The molecular formula is C15H19FN2O3. The number of methoxy groups -OCH3 is 1. The average Bonchev–Trinajstić information content (AvgIpc) is 2.47. The number of esters is 1. The van der Waals surface area contributed by atoms with Gasteiger partial charge in [0.05, 0.1) is 19.1 Å². The Morgan fingerprint density at radius 1 is 1.43 bits per heavy atom. The summed E-state index contributed by atoms with van der Waals surface area (Å²) in [4.78, 5) is 25.7. The van der Waals surface area contributed by atoms with Gasteiger partial charge in [-0.15, -0.1) is 0 Å². The predicted octanol–water partition coefficient (Wildman–Crippen LogP) is 1.97. The Morgan fingerprint density at radius 3 is 2.86 bits per heavy atom. The van der Waals surface area contributed by atoms with Crippen molar-refractivity contribution in [3.05, 3.63) is 29.6 Å². The van der Waals surface area contributed by atoms with Crippen LogP contribution in [0.1, 0.15) is 36.0 Å².